The number of hydrogen-bond donors (Lipinski definition) is 2. The van der Waals surface area contributed by atoms with Crippen molar-refractivity contribution in [2.24, 2.45) is 0 Å². The Labute approximate surface area is 90.7 Å². The number of nitrogens with one attached hydrogen (secondary N) is 1. The Balaban J connectivity index is 2.59. The fourth-order valence-electron chi connectivity index (χ4n) is 1.11. The first-order valence-electron chi connectivity index (χ1n) is 4.52. The summed E-state index contributed by atoms with van der Waals surface area (Å²) in [4.78, 5) is 0. The van der Waals surface area contributed by atoms with Gasteiger partial charge >= 0.3 is 6.18 Å². The second-order valence-electron chi connectivity index (χ2n) is 3.21. The Morgan fingerprint density at radius 1 is 1.38 bits per heavy atom. The average Bonchev–Trinajstić information content (AvgIpc) is 2.18. The summed E-state index contributed by atoms with van der Waals surface area (Å²) in [6.07, 6.45) is -5.10. The van der Waals surface area contributed by atoms with Crippen LogP contribution in [0.2, 0.25) is 0 Å². The van der Waals surface area contributed by atoms with Crippen LogP contribution in [0.5, 0.6) is 0 Å². The van der Waals surface area contributed by atoms with Crippen molar-refractivity contribution in [2.45, 2.75) is 12.6 Å². The van der Waals surface area contributed by atoms with Crippen LogP contribution in [-0.4, -0.2) is 12.7 Å². The van der Waals surface area contributed by atoms with Crippen molar-refractivity contribution in [3.05, 3.63) is 23.8 Å². The summed E-state index contributed by atoms with van der Waals surface area (Å²) in [6, 6.07) is 6.29. The monoisotopic (exact) mass is 229 g/mol. The molecule has 0 radical (unpaired) electrons. The lowest BCUT2D eigenvalue weighted by Crippen LogP contribution is -2.14. The van der Waals surface area contributed by atoms with Crippen molar-refractivity contribution in [2.75, 3.05) is 17.6 Å². The highest BCUT2D eigenvalue weighted by molar-refractivity contribution is 5.61. The number of nitrogen functional groups attached to an aromatic ring is 1. The van der Waals surface area contributed by atoms with Gasteiger partial charge in [0.05, 0.1) is 12.0 Å². The highest BCUT2D eigenvalue weighted by Gasteiger charge is 2.26. The standard InChI is InChI=1S/C10H10F3N3/c11-10(12,13)3-4-16-8-1-2-9(15)7(5-8)6-14/h1-2,5,16H,3-4,15H2. The number of hydrogen-bond acceptors (Lipinski definition) is 3. The molecule has 0 aliphatic heterocycles. The largest absolute Gasteiger partial charge is 0.398 e. The Bertz CT molecular complexity index is 407. The summed E-state index contributed by atoms with van der Waals surface area (Å²) in [6.45, 7) is -0.224. The van der Waals surface area contributed by atoms with Gasteiger partial charge in [0.15, 0.2) is 0 Å². The van der Waals surface area contributed by atoms with Crippen LogP contribution < -0.4 is 11.1 Å². The van der Waals surface area contributed by atoms with Gasteiger partial charge in [-0.2, -0.15) is 18.4 Å². The molecule has 1 aromatic carbocycles. The molecule has 0 bridgehead atoms. The van der Waals surface area contributed by atoms with E-state index in [2.05, 4.69) is 5.32 Å². The van der Waals surface area contributed by atoms with E-state index in [1.54, 1.807) is 0 Å². The predicted octanol–water partition coefficient (Wildman–Crippen LogP) is 2.50. The van der Waals surface area contributed by atoms with E-state index >= 15 is 0 Å². The van der Waals surface area contributed by atoms with Gasteiger partial charge in [0, 0.05) is 17.9 Å². The van der Waals surface area contributed by atoms with Gasteiger partial charge in [-0.25, -0.2) is 0 Å². The summed E-state index contributed by atoms with van der Waals surface area (Å²) in [7, 11) is 0. The molecule has 0 atom stereocenters. The van der Waals surface area contributed by atoms with Crippen molar-refractivity contribution in [1.82, 2.24) is 0 Å². The van der Waals surface area contributed by atoms with Crippen LogP contribution in [0, 0.1) is 11.3 Å². The van der Waals surface area contributed by atoms with Crippen LogP contribution in [-0.2, 0) is 0 Å². The molecule has 0 amide bonds. The first-order valence-corrected chi connectivity index (χ1v) is 4.52. The van der Waals surface area contributed by atoms with Gasteiger partial charge in [-0.3, -0.25) is 0 Å². The number of alkyl halides is 3. The van der Waals surface area contributed by atoms with Gasteiger partial charge in [-0.05, 0) is 18.2 Å². The highest BCUT2D eigenvalue weighted by atomic mass is 19.4. The zero-order valence-corrected chi connectivity index (χ0v) is 8.30. The van der Waals surface area contributed by atoms with Gasteiger partial charge in [0.25, 0.3) is 0 Å². The molecule has 0 aromatic heterocycles. The van der Waals surface area contributed by atoms with Crippen molar-refractivity contribution in [1.29, 1.82) is 5.26 Å². The number of nitriles is 1. The molecule has 86 valence electrons. The molecule has 1 rings (SSSR count). The van der Waals surface area contributed by atoms with Crippen molar-refractivity contribution in [3.8, 4) is 6.07 Å². The molecular formula is C10H10F3N3. The molecule has 0 unspecified atom stereocenters. The Morgan fingerprint density at radius 2 is 2.06 bits per heavy atom. The SMILES string of the molecule is N#Cc1cc(NCCC(F)(F)F)ccc1N. The normalized spacial score (nSPS) is 10.9. The Morgan fingerprint density at radius 3 is 2.62 bits per heavy atom. The summed E-state index contributed by atoms with van der Waals surface area (Å²) in [5.41, 5.74) is 6.48. The predicted molar refractivity (Wildman–Crippen MR) is 54.7 cm³/mol. The third-order valence-electron chi connectivity index (χ3n) is 1.91. The Hall–Kier alpha value is -1.90. The zero-order chi connectivity index (χ0) is 12.2. The number of nitrogens with two attached hydrogens (primary N) is 1. The molecule has 0 spiro atoms. The molecule has 3 nitrogen and oxygen atoms in total. The fraction of sp³-hybridized carbons (Fsp3) is 0.300. The molecule has 1 aromatic rings. The molecule has 0 fully saturated rings. The third-order valence-corrected chi connectivity index (χ3v) is 1.91. The molecular weight excluding hydrogens is 219 g/mol. The van der Waals surface area contributed by atoms with E-state index in [1.807, 2.05) is 6.07 Å². The fourth-order valence-corrected chi connectivity index (χ4v) is 1.11. The number of rotatable bonds is 3. The molecule has 0 saturated carbocycles. The van der Waals surface area contributed by atoms with Gasteiger partial charge in [0.2, 0.25) is 0 Å². The number of benzene rings is 1. The van der Waals surface area contributed by atoms with E-state index in [4.69, 9.17) is 11.0 Å². The molecule has 0 aliphatic rings. The van der Waals surface area contributed by atoms with E-state index in [9.17, 15) is 13.2 Å². The summed E-state index contributed by atoms with van der Waals surface area (Å²) < 4.78 is 35.6. The van der Waals surface area contributed by atoms with Crippen LogP contribution in [0.1, 0.15) is 12.0 Å². The maximum absolute atomic E-state index is 11.9. The number of nitrogens with zero attached hydrogens (tertiary/aromatic N) is 1. The molecule has 6 heteroatoms. The maximum Gasteiger partial charge on any atom is 0.390 e. The van der Waals surface area contributed by atoms with Crippen molar-refractivity contribution < 1.29 is 13.2 Å². The van der Waals surface area contributed by atoms with E-state index in [-0.39, 0.29) is 12.1 Å². The van der Waals surface area contributed by atoms with Gasteiger partial charge in [-0.15, -0.1) is 0 Å². The first-order chi connectivity index (χ1) is 7.42. The minimum absolute atomic E-state index is 0.224. The minimum Gasteiger partial charge on any atom is -0.398 e. The van der Waals surface area contributed by atoms with Crippen LogP contribution in [0.4, 0.5) is 24.5 Å². The molecule has 0 heterocycles. The van der Waals surface area contributed by atoms with E-state index in [0.717, 1.165) is 0 Å². The lowest BCUT2D eigenvalue weighted by atomic mass is 10.2. The minimum atomic E-state index is -4.18. The second kappa shape index (κ2) is 4.75. The molecule has 0 saturated heterocycles. The van der Waals surface area contributed by atoms with Crippen LogP contribution >= 0.6 is 0 Å². The van der Waals surface area contributed by atoms with Gasteiger partial charge in [0.1, 0.15) is 6.07 Å². The lowest BCUT2D eigenvalue weighted by Gasteiger charge is -2.09. The van der Waals surface area contributed by atoms with Crippen LogP contribution in [0.3, 0.4) is 0 Å². The number of anilines is 2. The summed E-state index contributed by atoms with van der Waals surface area (Å²) >= 11 is 0. The number of halogens is 3. The van der Waals surface area contributed by atoms with E-state index in [1.165, 1.54) is 18.2 Å². The molecule has 0 aliphatic carbocycles. The van der Waals surface area contributed by atoms with Gasteiger partial charge < -0.3 is 11.1 Å². The Kier molecular flexibility index (Phi) is 3.61. The highest BCUT2D eigenvalue weighted by Crippen LogP contribution is 2.21. The van der Waals surface area contributed by atoms with Crippen LogP contribution in [0.25, 0.3) is 0 Å². The van der Waals surface area contributed by atoms with E-state index < -0.39 is 12.6 Å². The maximum atomic E-state index is 11.9. The third kappa shape index (κ3) is 3.69. The van der Waals surface area contributed by atoms with Crippen LogP contribution in [0.15, 0.2) is 18.2 Å². The van der Waals surface area contributed by atoms with E-state index in [0.29, 0.717) is 11.4 Å². The first kappa shape index (κ1) is 12.2. The topological polar surface area (TPSA) is 61.8 Å². The van der Waals surface area contributed by atoms with Crippen molar-refractivity contribution >= 4 is 11.4 Å². The lowest BCUT2D eigenvalue weighted by molar-refractivity contribution is -0.131. The average molecular weight is 229 g/mol. The van der Waals surface area contributed by atoms with Gasteiger partial charge in [-0.1, -0.05) is 0 Å². The summed E-state index contributed by atoms with van der Waals surface area (Å²) in [5, 5.41) is 11.2. The summed E-state index contributed by atoms with van der Waals surface area (Å²) in [5.74, 6) is 0. The molecule has 3 N–H and O–H groups in total. The zero-order valence-electron chi connectivity index (χ0n) is 8.30. The second-order valence-corrected chi connectivity index (χ2v) is 3.21. The van der Waals surface area contributed by atoms with Crippen molar-refractivity contribution in [3.63, 3.8) is 0 Å². The quantitative estimate of drug-likeness (QED) is 0.783. The smallest absolute Gasteiger partial charge is 0.390 e. The molecule has 16 heavy (non-hydrogen) atoms.